The molecule has 162 valence electrons. The summed E-state index contributed by atoms with van der Waals surface area (Å²) in [5.74, 6) is 0.509. The van der Waals surface area contributed by atoms with E-state index in [4.69, 9.17) is 9.47 Å². The van der Waals surface area contributed by atoms with E-state index >= 15 is 0 Å². The van der Waals surface area contributed by atoms with Crippen LogP contribution in [0.2, 0.25) is 0 Å². The molecule has 1 aromatic heterocycles. The molecule has 0 aliphatic carbocycles. The first-order valence-electron chi connectivity index (χ1n) is 10.1. The van der Waals surface area contributed by atoms with Crippen molar-refractivity contribution in [2.24, 2.45) is 0 Å². The molecule has 0 spiro atoms. The Morgan fingerprint density at radius 1 is 1.21 bits per heavy atom. The standard InChI is InChI=1S/C21H32N2O6/c1-4-12(2)23(3)9-8-13-10-22-14-6-5-7-15(17(13)14)28-21-20(27)19(26)18(25)16(11-24)29-21/h5-7,10,12,16,18-22,24-27H,4,8-9,11H2,1-3H3/t12?,16-,18-,19+,20-,21+/m1/s1. The Bertz CT molecular complexity index is 795. The lowest BCUT2D eigenvalue weighted by Gasteiger charge is -2.39. The van der Waals surface area contributed by atoms with E-state index in [0.717, 1.165) is 35.9 Å². The van der Waals surface area contributed by atoms with Crippen LogP contribution in [0.1, 0.15) is 25.8 Å². The van der Waals surface area contributed by atoms with Gasteiger partial charge in [-0.2, -0.15) is 0 Å². The average Bonchev–Trinajstić information content (AvgIpc) is 3.15. The molecule has 1 aliphatic heterocycles. The van der Waals surface area contributed by atoms with Gasteiger partial charge in [-0.25, -0.2) is 0 Å². The van der Waals surface area contributed by atoms with E-state index in [1.807, 2.05) is 18.3 Å². The normalized spacial score (nSPS) is 28.8. The fraction of sp³-hybridized carbons (Fsp3) is 0.619. The highest BCUT2D eigenvalue weighted by atomic mass is 16.7. The average molecular weight is 408 g/mol. The molecule has 1 unspecified atom stereocenters. The van der Waals surface area contributed by atoms with E-state index < -0.39 is 37.3 Å². The van der Waals surface area contributed by atoms with Crippen molar-refractivity contribution in [3.63, 3.8) is 0 Å². The van der Waals surface area contributed by atoms with Crippen LogP contribution in [0.25, 0.3) is 10.9 Å². The van der Waals surface area contributed by atoms with Crippen LogP contribution in [0, 0.1) is 0 Å². The summed E-state index contributed by atoms with van der Waals surface area (Å²) in [6.45, 7) is 4.75. The first-order chi connectivity index (χ1) is 13.9. The second-order valence-corrected chi connectivity index (χ2v) is 7.80. The minimum atomic E-state index is -1.47. The van der Waals surface area contributed by atoms with Gasteiger partial charge < -0.3 is 39.8 Å². The summed E-state index contributed by atoms with van der Waals surface area (Å²) in [5, 5.41) is 40.5. The van der Waals surface area contributed by atoms with Gasteiger partial charge in [0, 0.05) is 29.7 Å². The molecule has 8 heteroatoms. The van der Waals surface area contributed by atoms with Crippen LogP contribution < -0.4 is 4.74 Å². The number of aliphatic hydroxyl groups is 4. The van der Waals surface area contributed by atoms with Gasteiger partial charge in [0.25, 0.3) is 0 Å². The van der Waals surface area contributed by atoms with Crippen molar-refractivity contribution < 1.29 is 29.9 Å². The molecule has 6 atom stereocenters. The number of nitrogens with zero attached hydrogens (tertiary/aromatic N) is 1. The van der Waals surface area contributed by atoms with E-state index in [1.165, 1.54) is 0 Å². The van der Waals surface area contributed by atoms with Crippen molar-refractivity contribution in [3.05, 3.63) is 30.0 Å². The summed E-state index contributed by atoms with van der Waals surface area (Å²) in [4.78, 5) is 5.55. The van der Waals surface area contributed by atoms with E-state index in [-0.39, 0.29) is 0 Å². The number of hydrogen-bond acceptors (Lipinski definition) is 7. The van der Waals surface area contributed by atoms with Gasteiger partial charge in [0.15, 0.2) is 0 Å². The molecule has 1 aromatic carbocycles. The fourth-order valence-electron chi connectivity index (χ4n) is 3.63. The number of rotatable bonds is 8. The summed E-state index contributed by atoms with van der Waals surface area (Å²) in [7, 11) is 2.11. The summed E-state index contributed by atoms with van der Waals surface area (Å²) in [6, 6.07) is 6.04. The first-order valence-corrected chi connectivity index (χ1v) is 10.1. The Kier molecular flexibility index (Phi) is 7.15. The number of ether oxygens (including phenoxy) is 2. The molecule has 2 aromatic rings. The molecular formula is C21H32N2O6. The number of aromatic amines is 1. The molecule has 1 saturated heterocycles. The molecule has 0 saturated carbocycles. The maximum absolute atomic E-state index is 10.3. The van der Waals surface area contributed by atoms with Gasteiger partial charge in [-0.1, -0.05) is 13.0 Å². The van der Waals surface area contributed by atoms with Crippen LogP contribution >= 0.6 is 0 Å². The zero-order valence-corrected chi connectivity index (χ0v) is 17.2. The number of fused-ring (bicyclic) bond motifs is 1. The molecule has 0 radical (unpaired) electrons. The first kappa shape index (κ1) is 22.0. The summed E-state index contributed by atoms with van der Waals surface area (Å²) >= 11 is 0. The van der Waals surface area contributed by atoms with Crippen LogP contribution in [0.3, 0.4) is 0 Å². The second kappa shape index (κ2) is 9.42. The molecule has 0 amide bonds. The van der Waals surface area contributed by atoms with Gasteiger partial charge in [-0.3, -0.25) is 0 Å². The molecular weight excluding hydrogens is 376 g/mol. The highest BCUT2D eigenvalue weighted by Crippen LogP contribution is 2.32. The minimum absolute atomic E-state index is 0.491. The highest BCUT2D eigenvalue weighted by molar-refractivity contribution is 5.89. The summed E-state index contributed by atoms with van der Waals surface area (Å²) in [5.41, 5.74) is 1.98. The van der Waals surface area contributed by atoms with Crippen LogP contribution in [-0.4, -0.2) is 87.3 Å². The maximum Gasteiger partial charge on any atom is 0.229 e. The monoisotopic (exact) mass is 408 g/mol. The molecule has 3 rings (SSSR count). The van der Waals surface area contributed by atoms with Crippen LogP contribution in [0.15, 0.2) is 24.4 Å². The third-order valence-electron chi connectivity index (χ3n) is 5.92. The quantitative estimate of drug-likeness (QED) is 0.434. The number of aromatic nitrogens is 1. The van der Waals surface area contributed by atoms with Gasteiger partial charge in [-0.05, 0) is 44.5 Å². The van der Waals surface area contributed by atoms with Crippen molar-refractivity contribution >= 4 is 10.9 Å². The fourth-order valence-corrected chi connectivity index (χ4v) is 3.63. The molecule has 5 N–H and O–H groups in total. The zero-order chi connectivity index (χ0) is 21.1. The van der Waals surface area contributed by atoms with E-state index in [0.29, 0.717) is 11.8 Å². The number of nitrogens with one attached hydrogen (secondary N) is 1. The van der Waals surface area contributed by atoms with Crippen molar-refractivity contribution in [1.82, 2.24) is 9.88 Å². The van der Waals surface area contributed by atoms with E-state index in [2.05, 4.69) is 30.8 Å². The van der Waals surface area contributed by atoms with Crippen molar-refractivity contribution in [1.29, 1.82) is 0 Å². The Hall–Kier alpha value is -1.68. The predicted octanol–water partition coefficient (Wildman–Crippen LogP) is 0.619. The Morgan fingerprint density at radius 3 is 2.66 bits per heavy atom. The lowest BCUT2D eigenvalue weighted by Crippen LogP contribution is -2.60. The molecule has 29 heavy (non-hydrogen) atoms. The Morgan fingerprint density at radius 2 is 1.97 bits per heavy atom. The van der Waals surface area contributed by atoms with E-state index in [9.17, 15) is 20.4 Å². The number of hydrogen-bond donors (Lipinski definition) is 5. The van der Waals surface area contributed by atoms with Crippen LogP contribution in [0.4, 0.5) is 0 Å². The number of H-pyrrole nitrogens is 1. The number of likely N-dealkylation sites (N-methyl/N-ethyl adjacent to an activating group) is 1. The molecule has 0 bridgehead atoms. The topological polar surface area (TPSA) is 118 Å². The Labute approximate surface area is 170 Å². The lowest BCUT2D eigenvalue weighted by molar-refractivity contribution is -0.277. The number of benzene rings is 1. The number of aliphatic hydroxyl groups excluding tert-OH is 4. The lowest BCUT2D eigenvalue weighted by atomic mass is 9.99. The van der Waals surface area contributed by atoms with E-state index in [1.54, 1.807) is 6.07 Å². The van der Waals surface area contributed by atoms with Gasteiger partial charge >= 0.3 is 0 Å². The van der Waals surface area contributed by atoms with Gasteiger partial charge in [-0.15, -0.1) is 0 Å². The highest BCUT2D eigenvalue weighted by Gasteiger charge is 2.44. The summed E-state index contributed by atoms with van der Waals surface area (Å²) in [6.07, 6.45) is -2.69. The summed E-state index contributed by atoms with van der Waals surface area (Å²) < 4.78 is 11.4. The van der Waals surface area contributed by atoms with Crippen molar-refractivity contribution in [2.45, 2.75) is 63.4 Å². The molecule has 8 nitrogen and oxygen atoms in total. The largest absolute Gasteiger partial charge is 0.461 e. The smallest absolute Gasteiger partial charge is 0.229 e. The molecule has 2 heterocycles. The Balaban J connectivity index is 1.81. The van der Waals surface area contributed by atoms with Gasteiger partial charge in [0.1, 0.15) is 30.2 Å². The van der Waals surface area contributed by atoms with Gasteiger partial charge in [0.2, 0.25) is 6.29 Å². The van der Waals surface area contributed by atoms with Crippen LogP contribution in [-0.2, 0) is 11.2 Å². The maximum atomic E-state index is 10.3. The second-order valence-electron chi connectivity index (χ2n) is 7.80. The van der Waals surface area contributed by atoms with Crippen LogP contribution in [0.5, 0.6) is 5.75 Å². The van der Waals surface area contributed by atoms with Crippen molar-refractivity contribution in [2.75, 3.05) is 20.2 Å². The third kappa shape index (κ3) is 4.58. The zero-order valence-electron chi connectivity index (χ0n) is 17.2. The van der Waals surface area contributed by atoms with Gasteiger partial charge in [0.05, 0.1) is 6.61 Å². The molecule has 1 fully saturated rings. The van der Waals surface area contributed by atoms with Crippen molar-refractivity contribution in [3.8, 4) is 5.75 Å². The molecule has 1 aliphatic rings. The minimum Gasteiger partial charge on any atom is -0.461 e. The SMILES string of the molecule is CCC(C)N(C)CCc1c[nH]c2cccc(O[C@H]3O[C@H](CO)[C@@H](O)[C@H](O)[C@H]3O)c12. The third-order valence-corrected chi connectivity index (χ3v) is 5.92. The predicted molar refractivity (Wildman–Crippen MR) is 109 cm³/mol.